The molecule has 0 amide bonds. The molecule has 0 atom stereocenters. The minimum absolute atomic E-state index is 0. The van der Waals surface area contributed by atoms with Gasteiger partial charge in [0, 0.05) is 49.8 Å². The maximum Gasteiger partial charge on any atom is 0.191 e. The lowest BCUT2D eigenvalue weighted by Crippen LogP contribution is -2.47. The second-order valence-corrected chi connectivity index (χ2v) is 8.67. The van der Waals surface area contributed by atoms with Gasteiger partial charge in [-0.25, -0.2) is 9.98 Å². The Morgan fingerprint density at radius 3 is 2.47 bits per heavy atom. The third-order valence-corrected chi connectivity index (χ3v) is 6.22. The molecule has 6 nitrogen and oxygen atoms in total. The summed E-state index contributed by atoms with van der Waals surface area (Å²) in [5.41, 5.74) is 2.44. The summed E-state index contributed by atoms with van der Waals surface area (Å²) in [5, 5.41) is 7.93. The summed E-state index contributed by atoms with van der Waals surface area (Å²) in [6.45, 7) is 14.3. The number of aryl methyl sites for hydroxylation is 2. The molecule has 3 rings (SSSR count). The Labute approximate surface area is 202 Å². The Kier molecular flexibility index (Phi) is 10.9. The third-order valence-electron chi connectivity index (χ3n) is 5.16. The van der Waals surface area contributed by atoms with Crippen molar-refractivity contribution in [2.45, 2.75) is 33.7 Å². The van der Waals surface area contributed by atoms with Crippen molar-refractivity contribution in [1.82, 2.24) is 20.5 Å². The van der Waals surface area contributed by atoms with Crippen LogP contribution >= 0.6 is 35.3 Å². The number of aromatic nitrogens is 1. The predicted molar refractivity (Wildman–Crippen MR) is 140 cm³/mol. The smallest absolute Gasteiger partial charge is 0.191 e. The molecule has 1 aromatic heterocycles. The average molecular weight is 543 g/mol. The van der Waals surface area contributed by atoms with Gasteiger partial charge >= 0.3 is 0 Å². The van der Waals surface area contributed by atoms with Crippen LogP contribution < -0.4 is 15.5 Å². The highest BCUT2D eigenvalue weighted by Crippen LogP contribution is 2.18. The highest BCUT2D eigenvalue weighted by Gasteiger charge is 2.16. The zero-order valence-corrected chi connectivity index (χ0v) is 21.5. The molecule has 1 aliphatic rings. The van der Waals surface area contributed by atoms with Crippen molar-refractivity contribution in [1.29, 1.82) is 0 Å². The summed E-state index contributed by atoms with van der Waals surface area (Å²) in [7, 11) is 0. The van der Waals surface area contributed by atoms with E-state index in [1.165, 1.54) is 10.6 Å². The molecule has 2 heterocycles. The van der Waals surface area contributed by atoms with E-state index in [1.54, 1.807) is 11.3 Å². The van der Waals surface area contributed by atoms with Crippen LogP contribution in [-0.2, 0) is 6.54 Å². The van der Waals surface area contributed by atoms with Crippen LogP contribution in [0.25, 0.3) is 0 Å². The molecule has 0 spiro atoms. The molecule has 30 heavy (non-hydrogen) atoms. The summed E-state index contributed by atoms with van der Waals surface area (Å²) in [6, 6.07) is 10.7. The van der Waals surface area contributed by atoms with E-state index in [0.29, 0.717) is 6.54 Å². The van der Waals surface area contributed by atoms with Crippen LogP contribution in [0.1, 0.15) is 28.9 Å². The number of nitrogens with one attached hydrogen (secondary N) is 2. The standard InChI is InChI=1S/C22H34N6S.HI/c1-4-23-22(25-17-21-18(2)26-19(3)29-21)24-11-8-12-27-13-15-28(16-14-27)20-9-6-5-7-10-20;/h5-7,9-10H,4,8,11-17H2,1-3H3,(H2,23,24,25);1H. The van der Waals surface area contributed by atoms with Crippen molar-refractivity contribution < 1.29 is 0 Å². The van der Waals surface area contributed by atoms with Gasteiger partial charge in [0.2, 0.25) is 0 Å². The van der Waals surface area contributed by atoms with E-state index < -0.39 is 0 Å². The van der Waals surface area contributed by atoms with Crippen LogP contribution in [-0.4, -0.2) is 61.7 Å². The number of rotatable bonds is 8. The van der Waals surface area contributed by atoms with E-state index in [9.17, 15) is 0 Å². The van der Waals surface area contributed by atoms with Gasteiger partial charge in [0.1, 0.15) is 0 Å². The molecule has 1 aromatic carbocycles. The molecule has 166 valence electrons. The summed E-state index contributed by atoms with van der Waals surface area (Å²) in [4.78, 5) is 15.5. The average Bonchev–Trinajstić information content (AvgIpc) is 3.07. The van der Waals surface area contributed by atoms with Crippen molar-refractivity contribution in [3.63, 3.8) is 0 Å². The number of nitrogens with zero attached hydrogens (tertiary/aromatic N) is 4. The van der Waals surface area contributed by atoms with Gasteiger partial charge in [-0.3, -0.25) is 4.90 Å². The van der Waals surface area contributed by atoms with Crippen molar-refractivity contribution >= 4 is 47.0 Å². The Morgan fingerprint density at radius 2 is 1.83 bits per heavy atom. The Bertz CT molecular complexity index is 771. The molecule has 2 aromatic rings. The lowest BCUT2D eigenvalue weighted by molar-refractivity contribution is 0.255. The van der Waals surface area contributed by atoms with Gasteiger partial charge in [-0.15, -0.1) is 35.3 Å². The Morgan fingerprint density at radius 1 is 1.10 bits per heavy atom. The lowest BCUT2D eigenvalue weighted by atomic mass is 10.2. The van der Waals surface area contributed by atoms with Gasteiger partial charge in [-0.2, -0.15) is 0 Å². The van der Waals surface area contributed by atoms with Gasteiger partial charge in [-0.05, 0) is 45.9 Å². The summed E-state index contributed by atoms with van der Waals surface area (Å²) < 4.78 is 0. The number of thiazole rings is 1. The topological polar surface area (TPSA) is 55.8 Å². The number of hydrogen-bond donors (Lipinski definition) is 2. The molecular formula is C22H35IN6S. The van der Waals surface area contributed by atoms with Gasteiger partial charge in [-0.1, -0.05) is 18.2 Å². The number of hydrogen-bond acceptors (Lipinski definition) is 5. The van der Waals surface area contributed by atoms with Crippen LogP contribution in [0.2, 0.25) is 0 Å². The van der Waals surface area contributed by atoms with E-state index in [-0.39, 0.29) is 24.0 Å². The predicted octanol–water partition coefficient (Wildman–Crippen LogP) is 3.65. The first kappa shape index (κ1) is 24.9. The second-order valence-electron chi connectivity index (χ2n) is 7.38. The number of halogens is 1. The van der Waals surface area contributed by atoms with Crippen molar-refractivity contribution in [3.05, 3.63) is 45.9 Å². The van der Waals surface area contributed by atoms with Crippen LogP contribution in [0.5, 0.6) is 0 Å². The maximum absolute atomic E-state index is 4.73. The molecular weight excluding hydrogens is 507 g/mol. The minimum atomic E-state index is 0. The number of anilines is 1. The summed E-state index contributed by atoms with van der Waals surface area (Å²) in [5.74, 6) is 0.895. The fraction of sp³-hybridized carbons (Fsp3) is 0.545. The summed E-state index contributed by atoms with van der Waals surface area (Å²) in [6.07, 6.45) is 1.12. The molecule has 8 heteroatoms. The Hall–Kier alpha value is -1.39. The highest BCUT2D eigenvalue weighted by atomic mass is 127. The van der Waals surface area contributed by atoms with E-state index >= 15 is 0 Å². The molecule has 1 aliphatic heterocycles. The van der Waals surface area contributed by atoms with E-state index in [1.807, 2.05) is 6.92 Å². The zero-order chi connectivity index (χ0) is 20.5. The van der Waals surface area contributed by atoms with Crippen LogP contribution in [0, 0.1) is 13.8 Å². The largest absolute Gasteiger partial charge is 0.369 e. The van der Waals surface area contributed by atoms with Gasteiger partial charge in [0.25, 0.3) is 0 Å². The van der Waals surface area contributed by atoms with Gasteiger partial charge in [0.15, 0.2) is 5.96 Å². The van der Waals surface area contributed by atoms with Crippen molar-refractivity contribution in [2.75, 3.05) is 50.7 Å². The number of aliphatic imine (C=N–C) groups is 1. The maximum atomic E-state index is 4.73. The Balaban J connectivity index is 0.00000320. The van der Waals surface area contributed by atoms with E-state index in [0.717, 1.165) is 68.9 Å². The van der Waals surface area contributed by atoms with E-state index in [2.05, 4.69) is 69.6 Å². The molecule has 1 saturated heterocycles. The molecule has 0 bridgehead atoms. The normalized spacial score (nSPS) is 15.0. The molecule has 0 radical (unpaired) electrons. The van der Waals surface area contributed by atoms with Crippen molar-refractivity contribution in [2.24, 2.45) is 4.99 Å². The van der Waals surface area contributed by atoms with Crippen LogP contribution in [0.4, 0.5) is 5.69 Å². The first-order chi connectivity index (χ1) is 14.2. The first-order valence-electron chi connectivity index (χ1n) is 10.6. The number of para-hydroxylation sites is 1. The lowest BCUT2D eigenvalue weighted by Gasteiger charge is -2.36. The molecule has 0 aliphatic carbocycles. The van der Waals surface area contributed by atoms with Gasteiger partial charge < -0.3 is 15.5 Å². The third kappa shape index (κ3) is 7.70. The quantitative estimate of drug-likeness (QED) is 0.231. The fourth-order valence-corrected chi connectivity index (χ4v) is 4.45. The summed E-state index contributed by atoms with van der Waals surface area (Å²) >= 11 is 1.74. The second kappa shape index (κ2) is 13.1. The zero-order valence-electron chi connectivity index (χ0n) is 18.4. The van der Waals surface area contributed by atoms with Crippen LogP contribution in [0.3, 0.4) is 0 Å². The van der Waals surface area contributed by atoms with Crippen molar-refractivity contribution in [3.8, 4) is 0 Å². The first-order valence-corrected chi connectivity index (χ1v) is 11.4. The number of guanidine groups is 1. The molecule has 0 saturated carbocycles. The van der Waals surface area contributed by atoms with Crippen LogP contribution in [0.15, 0.2) is 35.3 Å². The minimum Gasteiger partial charge on any atom is -0.369 e. The van der Waals surface area contributed by atoms with E-state index in [4.69, 9.17) is 4.99 Å². The SMILES string of the molecule is CCNC(=NCc1sc(C)nc1C)NCCCN1CCN(c2ccccc2)CC1.I. The monoisotopic (exact) mass is 542 g/mol. The van der Waals surface area contributed by atoms with Gasteiger partial charge in [0.05, 0.1) is 17.2 Å². The molecule has 1 fully saturated rings. The highest BCUT2D eigenvalue weighted by molar-refractivity contribution is 14.0. The number of piperazine rings is 1. The number of benzene rings is 1. The molecule has 0 unspecified atom stereocenters. The molecule has 2 N–H and O–H groups in total. The fourth-order valence-electron chi connectivity index (χ4n) is 3.59.